The number of nitrogens with zero attached hydrogens (tertiary/aromatic N) is 1. The highest BCUT2D eigenvalue weighted by Gasteiger charge is 2.70. The third-order valence-electron chi connectivity index (χ3n) is 9.81. The third-order valence-corrected chi connectivity index (χ3v) is 9.81. The van der Waals surface area contributed by atoms with Crippen LogP contribution in [-0.4, -0.2) is 78.4 Å². The van der Waals surface area contributed by atoms with Crippen molar-refractivity contribution in [3.8, 4) is 5.75 Å². The van der Waals surface area contributed by atoms with Gasteiger partial charge in [0, 0.05) is 32.6 Å². The van der Waals surface area contributed by atoms with Crippen LogP contribution in [0.25, 0.3) is 0 Å². The lowest BCUT2D eigenvalue weighted by Crippen LogP contribution is -2.61. The van der Waals surface area contributed by atoms with Gasteiger partial charge in [-0.05, 0) is 53.6 Å². The molecule has 0 aromatic heterocycles. The number of benzene rings is 1. The molecule has 1 aromatic carbocycles. The molecule has 5 N–H and O–H groups in total. The summed E-state index contributed by atoms with van der Waals surface area (Å²) in [6.45, 7) is 11.4. The number of carbonyl (C=O) groups excluding carboxylic acids is 5. The summed E-state index contributed by atoms with van der Waals surface area (Å²) in [5.74, 6) is -1.69. The van der Waals surface area contributed by atoms with Crippen LogP contribution in [0.1, 0.15) is 60.3 Å². The van der Waals surface area contributed by atoms with Crippen molar-refractivity contribution in [1.82, 2.24) is 15.5 Å². The molecule has 5 amide bonds. The summed E-state index contributed by atoms with van der Waals surface area (Å²) < 4.78 is 11.2. The van der Waals surface area contributed by atoms with Crippen molar-refractivity contribution in [3.63, 3.8) is 0 Å². The zero-order valence-electron chi connectivity index (χ0n) is 26.2. The Morgan fingerprint density at radius 2 is 1.80 bits per heavy atom. The molecule has 4 aliphatic rings. The molecular weight excluding hydrogens is 566 g/mol. The van der Waals surface area contributed by atoms with Gasteiger partial charge in [0.2, 0.25) is 23.6 Å². The Balaban J connectivity index is 1.30. The molecule has 6 atom stereocenters. The minimum Gasteiger partial charge on any atom is -0.478 e. The van der Waals surface area contributed by atoms with Gasteiger partial charge in [-0.1, -0.05) is 46.8 Å². The second kappa shape index (κ2) is 12.0. The summed E-state index contributed by atoms with van der Waals surface area (Å²) in [5, 5.41) is 8.47. The third kappa shape index (κ3) is 6.40. The fourth-order valence-corrected chi connectivity index (χ4v) is 7.03. The Hall–Kier alpha value is -3.67. The van der Waals surface area contributed by atoms with Crippen LogP contribution >= 0.6 is 0 Å². The number of amides is 5. The number of hydrogen-bond acceptors (Lipinski definition) is 7. The number of nitrogens with one attached hydrogen (secondary N) is 3. The SMILES string of the molecule is CC(C)(C)[C@H](NC(=O)CC1CCOCC1)C(=O)N1C[C@H]2[C@@H]([C@H]1C(=O)N[C@@H](C[C@@H]1Oc3ccccc3NC1=O)C(N)=O)C2(C)C. The Labute approximate surface area is 258 Å². The van der Waals surface area contributed by atoms with E-state index in [-0.39, 0.29) is 41.4 Å². The van der Waals surface area contributed by atoms with Gasteiger partial charge in [-0.3, -0.25) is 24.0 Å². The molecule has 3 heterocycles. The number of hydrogen-bond donors (Lipinski definition) is 4. The fourth-order valence-electron chi connectivity index (χ4n) is 7.03. The monoisotopic (exact) mass is 611 g/mol. The van der Waals surface area contributed by atoms with Crippen LogP contribution in [0, 0.1) is 28.6 Å². The summed E-state index contributed by atoms with van der Waals surface area (Å²) in [6, 6.07) is 4.01. The summed E-state index contributed by atoms with van der Waals surface area (Å²) in [6.07, 6.45) is 0.690. The van der Waals surface area contributed by atoms with E-state index in [1.807, 2.05) is 20.8 Å². The van der Waals surface area contributed by atoms with E-state index in [1.54, 1.807) is 29.2 Å². The van der Waals surface area contributed by atoms with Gasteiger partial charge in [0.05, 0.1) is 5.69 Å². The maximum atomic E-state index is 14.2. The lowest BCUT2D eigenvalue weighted by molar-refractivity contribution is -0.146. The van der Waals surface area contributed by atoms with Gasteiger partial charge in [-0.15, -0.1) is 0 Å². The summed E-state index contributed by atoms with van der Waals surface area (Å²) in [7, 11) is 0. The minimum absolute atomic E-state index is 0.0942. The van der Waals surface area contributed by atoms with Crippen LogP contribution in [0.2, 0.25) is 0 Å². The molecule has 3 aliphatic heterocycles. The van der Waals surface area contributed by atoms with Gasteiger partial charge in [-0.25, -0.2) is 0 Å². The van der Waals surface area contributed by atoms with Crippen LogP contribution in [0.4, 0.5) is 5.69 Å². The zero-order chi connectivity index (χ0) is 32.0. The van der Waals surface area contributed by atoms with Gasteiger partial charge in [0.15, 0.2) is 6.10 Å². The molecule has 0 radical (unpaired) electrons. The van der Waals surface area contributed by atoms with Crippen molar-refractivity contribution >= 4 is 35.2 Å². The van der Waals surface area contributed by atoms with E-state index in [4.69, 9.17) is 15.2 Å². The highest BCUT2D eigenvalue weighted by Crippen LogP contribution is 2.65. The number of fused-ring (bicyclic) bond motifs is 2. The van der Waals surface area contributed by atoms with E-state index in [0.717, 1.165) is 12.8 Å². The number of anilines is 1. The maximum Gasteiger partial charge on any atom is 0.265 e. The van der Waals surface area contributed by atoms with Crippen LogP contribution in [-0.2, 0) is 28.7 Å². The van der Waals surface area contributed by atoms with Gasteiger partial charge in [0.1, 0.15) is 23.9 Å². The zero-order valence-corrected chi connectivity index (χ0v) is 26.2. The number of piperidine rings is 1. The Morgan fingerprint density at radius 3 is 2.45 bits per heavy atom. The first kappa shape index (κ1) is 31.7. The van der Waals surface area contributed by atoms with Crippen LogP contribution in [0.15, 0.2) is 24.3 Å². The second-order valence-corrected chi connectivity index (χ2v) is 14.3. The van der Waals surface area contributed by atoms with E-state index >= 15 is 0 Å². The lowest BCUT2D eigenvalue weighted by atomic mass is 9.84. The van der Waals surface area contributed by atoms with Crippen molar-refractivity contribution in [3.05, 3.63) is 24.3 Å². The van der Waals surface area contributed by atoms with Gasteiger partial charge in [-0.2, -0.15) is 0 Å². The standard InChI is InChI=1S/C32H45N5O7/c1-31(2,3)26(36-23(38)14-17-10-12-43-13-11-17)30(42)37-16-18-24(32(18,4)5)25(37)29(41)35-20(27(33)39)15-22-28(40)34-19-8-6-7-9-21(19)44-22/h6-9,17-18,20,22,24-26H,10-16H2,1-5H3,(H2,33,39)(H,34,40)(H,35,41)(H,36,38)/t18-,20-,22-,24-,25-,26+/m0/s1. The number of para-hydroxylation sites is 2. The number of rotatable bonds is 9. The van der Waals surface area contributed by atoms with Crippen molar-refractivity contribution in [1.29, 1.82) is 0 Å². The molecule has 0 spiro atoms. The molecule has 1 aliphatic carbocycles. The van der Waals surface area contributed by atoms with E-state index in [1.165, 1.54) is 0 Å². The predicted molar refractivity (Wildman–Crippen MR) is 161 cm³/mol. The number of likely N-dealkylation sites (tertiary alicyclic amines) is 1. The Morgan fingerprint density at radius 1 is 1.11 bits per heavy atom. The molecule has 2 saturated heterocycles. The van der Waals surface area contributed by atoms with E-state index in [9.17, 15) is 24.0 Å². The quantitative estimate of drug-likeness (QED) is 0.329. The van der Waals surface area contributed by atoms with E-state index in [0.29, 0.717) is 37.6 Å². The molecule has 0 bridgehead atoms. The Bertz CT molecular complexity index is 1320. The maximum absolute atomic E-state index is 14.2. The predicted octanol–water partition coefficient (Wildman–Crippen LogP) is 1.58. The molecule has 12 nitrogen and oxygen atoms in total. The molecule has 240 valence electrons. The van der Waals surface area contributed by atoms with Crippen LogP contribution in [0.3, 0.4) is 0 Å². The number of nitrogens with two attached hydrogens (primary N) is 1. The highest BCUT2D eigenvalue weighted by molar-refractivity contribution is 5.99. The van der Waals surface area contributed by atoms with Crippen molar-refractivity contribution in [2.45, 2.75) is 84.5 Å². The lowest BCUT2D eigenvalue weighted by Gasteiger charge is -2.38. The van der Waals surface area contributed by atoms with Crippen molar-refractivity contribution in [2.75, 3.05) is 25.1 Å². The number of primary amides is 1. The summed E-state index contributed by atoms with van der Waals surface area (Å²) >= 11 is 0. The van der Waals surface area contributed by atoms with Gasteiger partial charge < -0.3 is 36.1 Å². The fraction of sp³-hybridized carbons (Fsp3) is 0.656. The smallest absolute Gasteiger partial charge is 0.265 e. The van der Waals surface area contributed by atoms with Crippen LogP contribution in [0.5, 0.6) is 5.75 Å². The molecule has 5 rings (SSSR count). The molecule has 1 aromatic rings. The van der Waals surface area contributed by atoms with Crippen molar-refractivity contribution < 1.29 is 33.4 Å². The topological polar surface area (TPSA) is 169 Å². The molecule has 0 unspecified atom stereocenters. The minimum atomic E-state index is -1.21. The summed E-state index contributed by atoms with van der Waals surface area (Å²) in [4.78, 5) is 68.0. The van der Waals surface area contributed by atoms with Crippen LogP contribution < -0.4 is 26.4 Å². The summed E-state index contributed by atoms with van der Waals surface area (Å²) in [5.41, 5.74) is 5.41. The number of ether oxygens (including phenoxy) is 2. The van der Waals surface area contributed by atoms with Gasteiger partial charge in [0.25, 0.3) is 5.91 Å². The Kier molecular flexibility index (Phi) is 8.67. The molecule has 44 heavy (non-hydrogen) atoms. The van der Waals surface area contributed by atoms with Gasteiger partial charge >= 0.3 is 0 Å². The molecule has 3 fully saturated rings. The van der Waals surface area contributed by atoms with Crippen molar-refractivity contribution in [2.24, 2.45) is 34.3 Å². The first-order chi connectivity index (χ1) is 20.7. The molecule has 12 heteroatoms. The largest absolute Gasteiger partial charge is 0.478 e. The average molecular weight is 612 g/mol. The molecule has 1 saturated carbocycles. The second-order valence-electron chi connectivity index (χ2n) is 14.3. The molecular formula is C32H45N5O7. The normalized spacial score (nSPS) is 27.1. The number of carbonyl (C=O) groups is 5. The first-order valence-corrected chi connectivity index (χ1v) is 15.5. The van der Waals surface area contributed by atoms with E-state index in [2.05, 4.69) is 29.8 Å². The average Bonchev–Trinajstić information content (AvgIpc) is 3.27. The first-order valence-electron chi connectivity index (χ1n) is 15.5. The highest BCUT2D eigenvalue weighted by atomic mass is 16.5. The van der Waals surface area contributed by atoms with E-state index < -0.39 is 47.4 Å².